The normalized spacial score (nSPS) is 14.4. The molecule has 57 heavy (non-hydrogen) atoms. The first kappa shape index (κ1) is 41.0. The first-order chi connectivity index (χ1) is 26.5. The first-order valence-corrected chi connectivity index (χ1v) is 24.0. The van der Waals surface area contributed by atoms with E-state index in [2.05, 4.69) is 212 Å². The summed E-state index contributed by atoms with van der Waals surface area (Å²) in [6, 6.07) is 60.7. The molecule has 7 aromatic rings. The molecule has 2 aliphatic carbocycles. The van der Waals surface area contributed by atoms with E-state index in [0.717, 1.165) is 0 Å². The van der Waals surface area contributed by atoms with Crippen LogP contribution >= 0.6 is 0 Å². The number of hydrogen-bond donors (Lipinski definition) is 0. The van der Waals surface area contributed by atoms with Gasteiger partial charge >= 0.3 is 338 Å². The van der Waals surface area contributed by atoms with Crippen LogP contribution < -0.4 is 24.8 Å². The van der Waals surface area contributed by atoms with Gasteiger partial charge in [0.2, 0.25) is 0 Å². The maximum Gasteiger partial charge on any atom is -1.00 e. The number of fused-ring (bicyclic) bond motifs is 5. The monoisotopic (exact) mass is 858 g/mol. The summed E-state index contributed by atoms with van der Waals surface area (Å²) in [4.78, 5) is 0. The van der Waals surface area contributed by atoms with Crippen LogP contribution in [0.15, 0.2) is 163 Å². The van der Waals surface area contributed by atoms with Crippen LogP contribution in [0.5, 0.6) is 0 Å². The third-order valence-corrected chi connectivity index (χ3v) is 21.4. The third kappa shape index (κ3) is 7.42. The molecule has 1 atom stereocenters. The van der Waals surface area contributed by atoms with E-state index in [9.17, 15) is 0 Å². The molecule has 3 heteroatoms. The van der Waals surface area contributed by atoms with Gasteiger partial charge in [0.25, 0.3) is 0 Å². The Balaban J connectivity index is 0.00000248. The van der Waals surface area contributed by atoms with Crippen molar-refractivity contribution in [2.45, 2.75) is 66.5 Å². The van der Waals surface area contributed by atoms with Crippen LogP contribution in [0.1, 0.15) is 100 Å². The molecule has 0 amide bonds. The fourth-order valence-electron chi connectivity index (χ4n) is 9.27. The fourth-order valence-corrected chi connectivity index (χ4v) is 19.6. The van der Waals surface area contributed by atoms with Crippen molar-refractivity contribution in [1.29, 1.82) is 0 Å². The second-order valence-electron chi connectivity index (χ2n) is 17.8. The van der Waals surface area contributed by atoms with Crippen molar-refractivity contribution < 1.29 is 46.1 Å². The molecule has 0 nitrogen and oxygen atoms in total. The number of rotatable bonds is 5. The van der Waals surface area contributed by atoms with Gasteiger partial charge in [0.1, 0.15) is 0 Å². The van der Waals surface area contributed by atoms with Gasteiger partial charge in [-0.15, -0.1) is 0 Å². The van der Waals surface area contributed by atoms with Gasteiger partial charge < -0.3 is 24.8 Å². The van der Waals surface area contributed by atoms with E-state index < -0.39 is 21.3 Å². The van der Waals surface area contributed by atoms with Crippen LogP contribution in [0, 0.1) is 0 Å². The van der Waals surface area contributed by atoms with Crippen LogP contribution in [0.4, 0.5) is 0 Å². The van der Waals surface area contributed by atoms with Crippen LogP contribution in [-0.2, 0) is 32.1 Å². The van der Waals surface area contributed by atoms with Crippen LogP contribution in [-0.4, -0.2) is 3.21 Å². The topological polar surface area (TPSA) is 0 Å². The fraction of sp³-hybridized carbons (Fsp3) is 0.204. The summed E-state index contributed by atoms with van der Waals surface area (Å²) in [7, 11) is 0. The molecule has 0 N–H and O–H groups in total. The van der Waals surface area contributed by atoms with Gasteiger partial charge in [-0.05, 0) is 0 Å². The van der Waals surface area contributed by atoms with Gasteiger partial charge in [-0.2, -0.15) is 0 Å². The maximum absolute atomic E-state index is 3.06. The van der Waals surface area contributed by atoms with E-state index in [4.69, 9.17) is 0 Å². The second-order valence-corrected chi connectivity index (χ2v) is 24.1. The number of allylic oxidation sites excluding steroid dienone is 1. The van der Waals surface area contributed by atoms with Gasteiger partial charge in [0.05, 0.1) is 0 Å². The van der Waals surface area contributed by atoms with Crippen molar-refractivity contribution in [3.8, 4) is 22.3 Å². The number of halogens is 2. The van der Waals surface area contributed by atoms with E-state index in [0.29, 0.717) is 7.25 Å². The summed E-state index contributed by atoms with van der Waals surface area (Å²) in [5.74, 6) is 0. The zero-order valence-electron chi connectivity index (χ0n) is 34.0. The van der Waals surface area contributed by atoms with Crippen LogP contribution in [0.3, 0.4) is 0 Å². The Morgan fingerprint density at radius 1 is 0.456 bits per heavy atom. The molecule has 2 aliphatic rings. The molecule has 9 rings (SSSR count). The molecule has 1 unspecified atom stereocenters. The zero-order chi connectivity index (χ0) is 38.1. The molecule has 0 aromatic heterocycles. The molecule has 0 fully saturated rings. The van der Waals surface area contributed by atoms with Crippen molar-refractivity contribution in [3.05, 3.63) is 208 Å². The summed E-state index contributed by atoms with van der Waals surface area (Å²) in [5, 5.41) is 2.57. The Morgan fingerprint density at radius 3 is 1.53 bits per heavy atom. The molecular formula is C54H50Cl2Zr. The summed E-state index contributed by atoms with van der Waals surface area (Å²) in [6.07, 6.45) is 2.56. The average Bonchev–Trinajstić information content (AvgIpc) is 3.69. The minimum atomic E-state index is -3.06. The van der Waals surface area contributed by atoms with Crippen molar-refractivity contribution in [3.63, 3.8) is 0 Å². The molecule has 0 saturated heterocycles. The maximum atomic E-state index is 2.62. The van der Waals surface area contributed by atoms with E-state index in [1.165, 1.54) is 72.0 Å². The minimum absolute atomic E-state index is 0. The summed E-state index contributed by atoms with van der Waals surface area (Å²) in [6.45, 7) is 16.6. The van der Waals surface area contributed by atoms with Crippen molar-refractivity contribution in [1.82, 2.24) is 0 Å². The predicted molar refractivity (Wildman–Crippen MR) is 233 cm³/mol. The Labute approximate surface area is 360 Å². The molecule has 0 heterocycles. The molecule has 284 valence electrons. The minimum Gasteiger partial charge on any atom is -1.00 e. The van der Waals surface area contributed by atoms with E-state index >= 15 is 0 Å². The summed E-state index contributed by atoms with van der Waals surface area (Å²) >= 11 is -3.06. The predicted octanol–water partition coefficient (Wildman–Crippen LogP) is 8.23. The first-order valence-electron chi connectivity index (χ1n) is 19.9. The molecular weight excluding hydrogens is 811 g/mol. The van der Waals surface area contributed by atoms with Gasteiger partial charge in [-0.1, -0.05) is 0 Å². The second kappa shape index (κ2) is 15.9. The standard InChI is InChI=1S/C21H25.C20H15.C13H10.2ClH.Zr/c1-20(2,3)16-7-9-18-14(12-16)11-15-13-17(21(4,5)6)8-10-19(15)18;1-14-11-17-7-4-8-19(20(17)12-14)18-10-9-15-5-2-3-6-16(15)13-18;1-3-7-12(8-4-1)11-13-9-5-2-6-10-13;;;/h7-13H,1-6H3;2-13H,1H3;1-10H;2*1H;/q;;;;;+2/p-2. The Bertz CT molecular complexity index is 2570. The molecule has 0 aliphatic heterocycles. The van der Waals surface area contributed by atoms with Gasteiger partial charge in [0.15, 0.2) is 0 Å². The van der Waals surface area contributed by atoms with Crippen LogP contribution in [0.25, 0.3) is 39.1 Å². The SMILES string of the molecule is CC1=Cc2c(-c3ccc4ccccc4c3)cccc2[CH]1[Zr+2](=[C](c1ccccc1)c1ccccc1)[CH]1c2cc(C(C)(C)C)ccc2-c2ccc(C(C)(C)C)cc21.[Cl-].[Cl-]. The zero-order valence-corrected chi connectivity index (χ0v) is 38.0. The van der Waals surface area contributed by atoms with E-state index in [1.807, 2.05) is 0 Å². The number of hydrogen-bond acceptors (Lipinski definition) is 0. The molecule has 7 aromatic carbocycles. The molecule has 0 radical (unpaired) electrons. The Kier molecular flexibility index (Phi) is 11.5. The van der Waals surface area contributed by atoms with Crippen molar-refractivity contribution in [2.24, 2.45) is 0 Å². The smallest absolute Gasteiger partial charge is 1.00 e. The van der Waals surface area contributed by atoms with Gasteiger partial charge in [0, 0.05) is 0 Å². The van der Waals surface area contributed by atoms with E-state index in [-0.39, 0.29) is 35.6 Å². The quantitative estimate of drug-likeness (QED) is 0.164. The molecule has 0 spiro atoms. The number of benzene rings is 7. The largest absolute Gasteiger partial charge is 1.00 e. The Morgan fingerprint density at radius 2 is 0.982 bits per heavy atom. The average molecular weight is 861 g/mol. The van der Waals surface area contributed by atoms with E-state index in [1.54, 1.807) is 14.3 Å². The third-order valence-electron chi connectivity index (χ3n) is 12.1. The molecule has 0 saturated carbocycles. The van der Waals surface area contributed by atoms with Crippen LogP contribution in [0.2, 0.25) is 0 Å². The summed E-state index contributed by atoms with van der Waals surface area (Å²) < 4.78 is 2.29. The molecule has 0 bridgehead atoms. The van der Waals surface area contributed by atoms with Gasteiger partial charge in [-0.25, -0.2) is 0 Å². The van der Waals surface area contributed by atoms with Gasteiger partial charge in [-0.3, -0.25) is 0 Å². The Hall–Kier alpha value is -4.13. The van der Waals surface area contributed by atoms with Crippen molar-refractivity contribution >= 4 is 20.1 Å². The van der Waals surface area contributed by atoms with Crippen molar-refractivity contribution in [2.75, 3.05) is 0 Å². The summed E-state index contributed by atoms with van der Waals surface area (Å²) in [5.41, 5.74) is 18.7.